The minimum absolute atomic E-state index is 0.417. The van der Waals surface area contributed by atoms with Crippen LogP contribution in [0.25, 0.3) is 5.65 Å². The first kappa shape index (κ1) is 9.19. The van der Waals surface area contributed by atoms with Gasteiger partial charge in [0.2, 0.25) is 0 Å². The Morgan fingerprint density at radius 3 is 3.20 bits per heavy atom. The number of nitrogens with one attached hydrogen (secondary N) is 1. The second-order valence-electron chi connectivity index (χ2n) is 3.87. The number of aromatic nitrogens is 2. The fourth-order valence-corrected chi connectivity index (χ4v) is 2.47. The molecule has 1 N–H and O–H groups in total. The first-order valence-electron chi connectivity index (χ1n) is 5.21. The number of halogens is 1. The third-order valence-corrected chi connectivity index (χ3v) is 3.20. The predicted molar refractivity (Wildman–Crippen MR) is 60.2 cm³/mol. The maximum atomic E-state index is 6.13. The largest absolute Gasteiger partial charge is 0.309 e. The van der Waals surface area contributed by atoms with E-state index in [1.807, 2.05) is 16.5 Å². The zero-order valence-corrected chi connectivity index (χ0v) is 9.04. The van der Waals surface area contributed by atoms with Gasteiger partial charge in [-0.1, -0.05) is 17.7 Å². The van der Waals surface area contributed by atoms with Crippen LogP contribution in [0.15, 0.2) is 24.4 Å². The normalized spacial score (nSPS) is 21.3. The maximum absolute atomic E-state index is 6.13. The number of hydrogen-bond donors (Lipinski definition) is 1. The second-order valence-corrected chi connectivity index (χ2v) is 4.26. The van der Waals surface area contributed by atoms with Crippen LogP contribution in [-0.4, -0.2) is 15.9 Å². The van der Waals surface area contributed by atoms with E-state index in [0.29, 0.717) is 11.2 Å². The van der Waals surface area contributed by atoms with Crippen molar-refractivity contribution in [3.05, 3.63) is 35.2 Å². The van der Waals surface area contributed by atoms with E-state index in [9.17, 15) is 0 Å². The highest BCUT2D eigenvalue weighted by molar-refractivity contribution is 6.29. The van der Waals surface area contributed by atoms with Crippen LogP contribution >= 0.6 is 11.6 Å². The summed E-state index contributed by atoms with van der Waals surface area (Å²) in [6.07, 6.45) is 4.11. The highest BCUT2D eigenvalue weighted by Gasteiger charge is 2.19. The van der Waals surface area contributed by atoms with Gasteiger partial charge in [-0.2, -0.15) is 0 Å². The lowest BCUT2D eigenvalue weighted by atomic mass is 10.1. The van der Waals surface area contributed by atoms with Crippen LogP contribution in [0.2, 0.25) is 5.15 Å². The Balaban J connectivity index is 2.19. The predicted octanol–water partition coefficient (Wildman–Crippen LogP) is 2.41. The summed E-state index contributed by atoms with van der Waals surface area (Å²) >= 11 is 6.13. The molecule has 3 nitrogen and oxygen atoms in total. The zero-order valence-electron chi connectivity index (χ0n) is 8.28. The molecule has 0 spiro atoms. The molecule has 2 aromatic rings. The molecule has 1 aliphatic heterocycles. The average molecular weight is 222 g/mol. The summed E-state index contributed by atoms with van der Waals surface area (Å²) in [5.41, 5.74) is 2.14. The average Bonchev–Trinajstić information content (AvgIpc) is 2.88. The lowest BCUT2D eigenvalue weighted by molar-refractivity contribution is 0.620. The fourth-order valence-electron chi connectivity index (χ4n) is 2.23. The van der Waals surface area contributed by atoms with E-state index in [-0.39, 0.29) is 0 Å². The molecule has 1 fully saturated rings. The molecule has 3 heterocycles. The van der Waals surface area contributed by atoms with Gasteiger partial charge >= 0.3 is 0 Å². The summed E-state index contributed by atoms with van der Waals surface area (Å²) in [4.78, 5) is 4.25. The SMILES string of the molecule is Clc1cnc2cccc(C3CCCN3)n12. The molecular weight excluding hydrogens is 210 g/mol. The van der Waals surface area contributed by atoms with E-state index in [4.69, 9.17) is 11.6 Å². The molecule has 3 rings (SSSR count). The van der Waals surface area contributed by atoms with Gasteiger partial charge in [0.05, 0.1) is 6.20 Å². The molecule has 1 aliphatic rings. The third-order valence-electron chi connectivity index (χ3n) is 2.93. The molecule has 1 atom stereocenters. The van der Waals surface area contributed by atoms with Crippen molar-refractivity contribution in [3.8, 4) is 0 Å². The summed E-state index contributed by atoms with van der Waals surface area (Å²) in [5.74, 6) is 0. The van der Waals surface area contributed by atoms with Crippen LogP contribution in [0.1, 0.15) is 24.6 Å². The highest BCUT2D eigenvalue weighted by atomic mass is 35.5. The number of pyridine rings is 1. The first-order chi connectivity index (χ1) is 7.36. The van der Waals surface area contributed by atoms with Crippen molar-refractivity contribution in [2.75, 3.05) is 6.54 Å². The van der Waals surface area contributed by atoms with Crippen LogP contribution in [0.3, 0.4) is 0 Å². The summed E-state index contributed by atoms with van der Waals surface area (Å²) in [7, 11) is 0. The molecule has 4 heteroatoms. The zero-order chi connectivity index (χ0) is 10.3. The van der Waals surface area contributed by atoms with Crippen molar-refractivity contribution in [1.29, 1.82) is 0 Å². The van der Waals surface area contributed by atoms with Gasteiger partial charge in [-0.05, 0) is 31.5 Å². The minimum Gasteiger partial charge on any atom is -0.309 e. The van der Waals surface area contributed by atoms with Crippen LogP contribution < -0.4 is 5.32 Å². The van der Waals surface area contributed by atoms with Crippen molar-refractivity contribution >= 4 is 17.2 Å². The van der Waals surface area contributed by atoms with Gasteiger partial charge in [-0.15, -0.1) is 0 Å². The molecule has 0 amide bonds. The smallest absolute Gasteiger partial charge is 0.138 e. The topological polar surface area (TPSA) is 29.3 Å². The Labute approximate surface area is 93.1 Å². The van der Waals surface area contributed by atoms with E-state index in [0.717, 1.165) is 12.2 Å². The van der Waals surface area contributed by atoms with Crippen molar-refractivity contribution < 1.29 is 0 Å². The first-order valence-corrected chi connectivity index (χ1v) is 5.59. The Kier molecular flexibility index (Phi) is 2.15. The van der Waals surface area contributed by atoms with Crippen LogP contribution in [0.4, 0.5) is 0 Å². The van der Waals surface area contributed by atoms with Gasteiger partial charge < -0.3 is 5.32 Å². The molecule has 78 valence electrons. The number of rotatable bonds is 1. The van der Waals surface area contributed by atoms with Crippen molar-refractivity contribution in [3.63, 3.8) is 0 Å². The monoisotopic (exact) mass is 221 g/mol. The van der Waals surface area contributed by atoms with Crippen molar-refractivity contribution in [2.45, 2.75) is 18.9 Å². The van der Waals surface area contributed by atoms with Crippen LogP contribution in [0, 0.1) is 0 Å². The number of imidazole rings is 1. The van der Waals surface area contributed by atoms with Gasteiger partial charge in [0.25, 0.3) is 0 Å². The molecule has 1 unspecified atom stereocenters. The summed E-state index contributed by atoms with van der Waals surface area (Å²) in [6, 6.07) is 6.54. The van der Waals surface area contributed by atoms with E-state index in [2.05, 4.69) is 16.4 Å². The Bertz CT molecular complexity index is 486. The lowest BCUT2D eigenvalue weighted by Crippen LogP contribution is -2.15. The van der Waals surface area contributed by atoms with Gasteiger partial charge in [0, 0.05) is 11.7 Å². The standard InChI is InChI=1S/C11H12ClN3/c12-10-7-14-11-5-1-4-9(15(10)11)8-3-2-6-13-8/h1,4-5,7-8,13H,2-3,6H2. The van der Waals surface area contributed by atoms with Gasteiger partial charge in [-0.25, -0.2) is 4.98 Å². The molecule has 0 bridgehead atoms. The lowest BCUT2D eigenvalue weighted by Gasteiger charge is -2.13. The Morgan fingerprint density at radius 1 is 1.47 bits per heavy atom. The van der Waals surface area contributed by atoms with Gasteiger partial charge in [-0.3, -0.25) is 4.40 Å². The summed E-state index contributed by atoms with van der Waals surface area (Å²) in [6.45, 7) is 1.09. The fraction of sp³-hybridized carbons (Fsp3) is 0.364. The molecule has 15 heavy (non-hydrogen) atoms. The molecule has 0 saturated carbocycles. The van der Waals surface area contributed by atoms with E-state index in [1.54, 1.807) is 6.20 Å². The second kappa shape index (κ2) is 3.51. The number of nitrogens with zero attached hydrogens (tertiary/aromatic N) is 2. The number of fused-ring (bicyclic) bond motifs is 1. The quantitative estimate of drug-likeness (QED) is 0.802. The highest BCUT2D eigenvalue weighted by Crippen LogP contribution is 2.25. The van der Waals surface area contributed by atoms with Gasteiger partial charge in [0.15, 0.2) is 0 Å². The summed E-state index contributed by atoms with van der Waals surface area (Å²) < 4.78 is 2.02. The third kappa shape index (κ3) is 1.43. The Morgan fingerprint density at radius 2 is 2.40 bits per heavy atom. The van der Waals surface area contributed by atoms with Crippen LogP contribution in [-0.2, 0) is 0 Å². The minimum atomic E-state index is 0.417. The maximum Gasteiger partial charge on any atom is 0.138 e. The molecular formula is C11H12ClN3. The van der Waals surface area contributed by atoms with Gasteiger partial charge in [0.1, 0.15) is 10.8 Å². The number of hydrogen-bond acceptors (Lipinski definition) is 2. The molecule has 0 radical (unpaired) electrons. The molecule has 1 saturated heterocycles. The van der Waals surface area contributed by atoms with Crippen LogP contribution in [0.5, 0.6) is 0 Å². The molecule has 2 aromatic heterocycles. The van der Waals surface area contributed by atoms with Crippen molar-refractivity contribution in [2.24, 2.45) is 0 Å². The Hall–Kier alpha value is -1.06. The summed E-state index contributed by atoms with van der Waals surface area (Å²) in [5, 5.41) is 4.16. The molecule has 0 aromatic carbocycles. The van der Waals surface area contributed by atoms with Crippen molar-refractivity contribution in [1.82, 2.24) is 14.7 Å². The van der Waals surface area contributed by atoms with E-state index >= 15 is 0 Å². The van der Waals surface area contributed by atoms with E-state index in [1.165, 1.54) is 18.5 Å². The van der Waals surface area contributed by atoms with E-state index < -0.39 is 0 Å². The molecule has 0 aliphatic carbocycles.